The average molecular weight is 755 g/mol. The number of benzene rings is 4. The fourth-order valence-corrected chi connectivity index (χ4v) is 5.25. The number of non-ortho nitro benzene ring substituents is 2. The fourth-order valence-electron chi connectivity index (χ4n) is 5.25. The molecule has 0 saturated heterocycles. The van der Waals surface area contributed by atoms with Gasteiger partial charge in [-0.05, 0) is 69.5 Å². The molecule has 0 heterocycles. The van der Waals surface area contributed by atoms with Crippen LogP contribution in [0.5, 0.6) is 0 Å². The van der Waals surface area contributed by atoms with Crippen molar-refractivity contribution in [1.29, 1.82) is 0 Å². The number of hydrazone groups is 2. The molecule has 2 atom stereocenters. The first-order valence-electron chi connectivity index (χ1n) is 16.3. The molecule has 0 radical (unpaired) electrons. The SMILES string of the molecule is C/C(=N/Nc1ccc([N+](=O)[O-])cc1[N+](=O)[O-])C(CC(C(=O)Nc1ccccc1C)/C(C)=N\Nc1ccc([N+](=O)[O-])cc1[N+](=O)[O-])C(=O)Nc1ccccc1C. The molecule has 0 fully saturated rings. The summed E-state index contributed by atoms with van der Waals surface area (Å²) in [7, 11) is 0. The Morgan fingerprint density at radius 2 is 0.927 bits per heavy atom. The lowest BCUT2D eigenvalue weighted by atomic mass is 9.87. The molecule has 0 bridgehead atoms. The van der Waals surface area contributed by atoms with E-state index in [0.29, 0.717) is 22.5 Å². The number of nitro groups is 4. The molecule has 20 heteroatoms. The summed E-state index contributed by atoms with van der Waals surface area (Å²) in [5.74, 6) is -3.74. The molecule has 55 heavy (non-hydrogen) atoms. The van der Waals surface area contributed by atoms with Crippen molar-refractivity contribution in [3.63, 3.8) is 0 Å². The molecule has 4 aromatic carbocycles. The third kappa shape index (κ3) is 10.2. The van der Waals surface area contributed by atoms with Crippen molar-refractivity contribution in [2.24, 2.45) is 22.0 Å². The fraction of sp³-hybridized carbons (Fsp3) is 0.200. The number of carbonyl (C=O) groups excluding carboxylic acids is 2. The van der Waals surface area contributed by atoms with E-state index >= 15 is 0 Å². The highest BCUT2D eigenvalue weighted by molar-refractivity contribution is 6.12. The van der Waals surface area contributed by atoms with E-state index in [1.54, 1.807) is 62.4 Å². The molecule has 2 amide bonds. The lowest BCUT2D eigenvalue weighted by Gasteiger charge is -2.24. The summed E-state index contributed by atoms with van der Waals surface area (Å²) in [6.07, 6.45) is -0.311. The van der Waals surface area contributed by atoms with Crippen molar-refractivity contribution in [3.8, 4) is 0 Å². The molecular weight excluding hydrogens is 720 g/mol. The van der Waals surface area contributed by atoms with Gasteiger partial charge in [-0.2, -0.15) is 10.2 Å². The van der Waals surface area contributed by atoms with Crippen LogP contribution >= 0.6 is 0 Å². The van der Waals surface area contributed by atoms with Gasteiger partial charge in [0.25, 0.3) is 11.4 Å². The molecule has 0 aliphatic carbocycles. The number of amides is 2. The maximum atomic E-state index is 14.1. The lowest BCUT2D eigenvalue weighted by molar-refractivity contribution is -0.393. The third-order valence-electron chi connectivity index (χ3n) is 8.40. The topological polar surface area (TPSA) is 280 Å². The van der Waals surface area contributed by atoms with Crippen molar-refractivity contribution in [3.05, 3.63) is 137 Å². The summed E-state index contributed by atoms with van der Waals surface area (Å²) in [5, 5.41) is 60.1. The Hall–Kier alpha value is -7.64. The van der Waals surface area contributed by atoms with E-state index in [1.165, 1.54) is 13.8 Å². The molecule has 4 rings (SSSR count). The summed E-state index contributed by atoms with van der Waals surface area (Å²) in [6, 6.07) is 19.5. The first-order chi connectivity index (χ1) is 26.1. The molecule has 2 unspecified atom stereocenters. The van der Waals surface area contributed by atoms with Gasteiger partial charge in [0.1, 0.15) is 11.4 Å². The number of rotatable bonds is 16. The molecule has 20 nitrogen and oxygen atoms in total. The monoisotopic (exact) mass is 754 g/mol. The van der Waals surface area contributed by atoms with E-state index in [2.05, 4.69) is 31.7 Å². The van der Waals surface area contributed by atoms with Crippen LogP contribution in [0.3, 0.4) is 0 Å². The Bertz CT molecular complexity index is 2090. The highest BCUT2D eigenvalue weighted by Crippen LogP contribution is 2.31. The molecule has 0 saturated carbocycles. The van der Waals surface area contributed by atoms with Crippen molar-refractivity contribution >= 4 is 68.7 Å². The Kier molecular flexibility index (Phi) is 12.9. The van der Waals surface area contributed by atoms with Gasteiger partial charge < -0.3 is 10.6 Å². The van der Waals surface area contributed by atoms with Crippen LogP contribution in [0.1, 0.15) is 31.4 Å². The van der Waals surface area contributed by atoms with Gasteiger partial charge in [0.15, 0.2) is 0 Å². The average Bonchev–Trinajstić information content (AvgIpc) is 3.14. The van der Waals surface area contributed by atoms with Crippen molar-refractivity contribution in [1.82, 2.24) is 0 Å². The minimum atomic E-state index is -1.24. The van der Waals surface area contributed by atoms with Crippen LogP contribution in [0.2, 0.25) is 0 Å². The number of aryl methyl sites for hydroxylation is 2. The van der Waals surface area contributed by atoms with Gasteiger partial charge >= 0.3 is 11.4 Å². The number of nitro benzene ring substituents is 4. The Balaban J connectivity index is 1.78. The molecule has 0 aliphatic heterocycles. The number of para-hydroxylation sites is 2. The highest BCUT2D eigenvalue weighted by Gasteiger charge is 2.33. The minimum absolute atomic E-state index is 0.0409. The maximum Gasteiger partial charge on any atom is 0.301 e. The number of nitrogens with zero attached hydrogens (tertiary/aromatic N) is 6. The number of carbonyl (C=O) groups is 2. The molecular formula is C35H34N10O10. The second kappa shape index (κ2) is 17.7. The van der Waals surface area contributed by atoms with E-state index in [9.17, 15) is 50.0 Å². The van der Waals surface area contributed by atoms with Crippen molar-refractivity contribution in [2.75, 3.05) is 21.5 Å². The third-order valence-corrected chi connectivity index (χ3v) is 8.40. The van der Waals surface area contributed by atoms with Crippen LogP contribution in [0.15, 0.2) is 95.1 Å². The first kappa shape index (κ1) is 40.1. The number of hydrogen-bond donors (Lipinski definition) is 4. The quantitative estimate of drug-likeness (QED) is 0.0506. The zero-order valence-corrected chi connectivity index (χ0v) is 29.7. The van der Waals surface area contributed by atoms with Crippen molar-refractivity contribution in [2.45, 2.75) is 34.1 Å². The predicted molar refractivity (Wildman–Crippen MR) is 204 cm³/mol. The Morgan fingerprint density at radius 1 is 0.564 bits per heavy atom. The van der Waals surface area contributed by atoms with Gasteiger partial charge in [-0.1, -0.05) is 36.4 Å². The molecule has 0 aliphatic rings. The molecule has 284 valence electrons. The minimum Gasteiger partial charge on any atom is -0.325 e. The molecule has 4 aromatic rings. The van der Waals surface area contributed by atoms with Crippen LogP contribution in [0.4, 0.5) is 45.5 Å². The van der Waals surface area contributed by atoms with Gasteiger partial charge in [0.2, 0.25) is 11.8 Å². The van der Waals surface area contributed by atoms with E-state index in [-0.39, 0.29) is 29.2 Å². The molecule has 0 aromatic heterocycles. The van der Waals surface area contributed by atoms with Crippen LogP contribution in [0.25, 0.3) is 0 Å². The summed E-state index contributed by atoms with van der Waals surface area (Å²) in [4.78, 5) is 70.9. The summed E-state index contributed by atoms with van der Waals surface area (Å²) < 4.78 is 0. The van der Waals surface area contributed by atoms with Crippen molar-refractivity contribution < 1.29 is 29.3 Å². The zero-order valence-electron chi connectivity index (χ0n) is 29.7. The van der Waals surface area contributed by atoms with Crippen LogP contribution in [-0.4, -0.2) is 42.9 Å². The van der Waals surface area contributed by atoms with Crippen LogP contribution < -0.4 is 21.5 Å². The summed E-state index contributed by atoms with van der Waals surface area (Å²) >= 11 is 0. The second-order valence-electron chi connectivity index (χ2n) is 12.1. The normalized spacial score (nSPS) is 12.5. The van der Waals surface area contributed by atoms with E-state index in [1.807, 2.05) is 0 Å². The predicted octanol–water partition coefficient (Wildman–Crippen LogP) is 7.11. The van der Waals surface area contributed by atoms with Crippen LogP contribution in [0, 0.1) is 66.1 Å². The van der Waals surface area contributed by atoms with Crippen LogP contribution in [-0.2, 0) is 9.59 Å². The van der Waals surface area contributed by atoms with E-state index < -0.39 is 66.1 Å². The van der Waals surface area contributed by atoms with Gasteiger partial charge in [0, 0.05) is 34.9 Å². The smallest absolute Gasteiger partial charge is 0.301 e. The zero-order chi connectivity index (χ0) is 40.4. The van der Waals surface area contributed by atoms with Gasteiger partial charge in [-0.25, -0.2) is 0 Å². The first-order valence-corrected chi connectivity index (χ1v) is 16.3. The number of anilines is 4. The maximum absolute atomic E-state index is 14.1. The summed E-state index contributed by atoms with van der Waals surface area (Å²) in [5.41, 5.74) is 4.63. The standard InChI is InChI=1S/C35H34N10O10/c1-20-9-5-7-11-28(20)36-34(46)26(22(3)38-40-30-15-13-24(42(48)49)17-32(30)44(52)53)19-27(35(47)37-29-12-8-6-10-21(29)2)23(4)39-41-31-16-14-25(43(50)51)18-33(31)45(54)55/h5-18,26-27,40-41H,19H2,1-4H3,(H,36,46)(H,37,47)/b38-22-,39-23-. The largest absolute Gasteiger partial charge is 0.325 e. The number of hydrogen-bond acceptors (Lipinski definition) is 14. The van der Waals surface area contributed by atoms with E-state index in [4.69, 9.17) is 0 Å². The molecule has 4 N–H and O–H groups in total. The highest BCUT2D eigenvalue weighted by atomic mass is 16.6. The molecule has 0 spiro atoms. The van der Waals surface area contributed by atoms with Gasteiger partial charge in [-0.3, -0.25) is 60.9 Å². The Morgan fingerprint density at radius 3 is 1.25 bits per heavy atom. The van der Waals surface area contributed by atoms with Gasteiger partial charge in [-0.15, -0.1) is 0 Å². The summed E-state index contributed by atoms with van der Waals surface area (Å²) in [6.45, 7) is 6.40. The van der Waals surface area contributed by atoms with E-state index in [0.717, 1.165) is 36.4 Å². The second-order valence-corrected chi connectivity index (χ2v) is 12.1. The lowest BCUT2D eigenvalue weighted by Crippen LogP contribution is -2.37. The number of nitrogens with one attached hydrogen (secondary N) is 4. The van der Waals surface area contributed by atoms with Gasteiger partial charge in [0.05, 0.1) is 43.7 Å². The Labute approximate surface area is 311 Å².